The van der Waals surface area contributed by atoms with Gasteiger partial charge in [-0.25, -0.2) is 0 Å². The van der Waals surface area contributed by atoms with E-state index in [0.717, 1.165) is 4.47 Å². The number of hydrogen-bond acceptors (Lipinski definition) is 1. The van der Waals surface area contributed by atoms with Gasteiger partial charge in [-0.05, 0) is 24.3 Å². The Morgan fingerprint density at radius 3 is 1.71 bits per heavy atom. The first-order valence-electron chi connectivity index (χ1n) is 5.15. The van der Waals surface area contributed by atoms with Crippen LogP contribution in [0.2, 0.25) is 0 Å². The maximum atomic E-state index is 8.74. The monoisotopic (exact) mass is 258 g/mol. The van der Waals surface area contributed by atoms with Crippen LogP contribution in [0.25, 0.3) is 0 Å². The molecule has 0 fully saturated rings. The molecular weight excluding hydrogens is 240 g/mol. The molecule has 1 aromatic rings. The number of benzene rings is 1. The number of phenolic OH excluding ortho intramolecular Hbond substituents is 1. The minimum atomic E-state index is 0.299. The van der Waals surface area contributed by atoms with E-state index in [4.69, 9.17) is 5.11 Å². The van der Waals surface area contributed by atoms with Gasteiger partial charge in [0.2, 0.25) is 0 Å². The molecule has 0 aliphatic carbocycles. The predicted molar refractivity (Wildman–Crippen MR) is 65.6 cm³/mol. The zero-order valence-electron chi connectivity index (χ0n) is 8.96. The van der Waals surface area contributed by atoms with Gasteiger partial charge in [0.15, 0.2) is 0 Å². The summed E-state index contributed by atoms with van der Waals surface area (Å²) in [6.07, 6.45) is 5.54. The first-order valence-corrected chi connectivity index (χ1v) is 5.94. The van der Waals surface area contributed by atoms with Crippen LogP contribution in [0.5, 0.6) is 5.75 Å². The average Bonchev–Trinajstić information content (AvgIpc) is 2.20. The van der Waals surface area contributed by atoms with Crippen molar-refractivity contribution in [2.45, 2.75) is 39.5 Å². The third kappa shape index (κ3) is 8.11. The van der Waals surface area contributed by atoms with Crippen molar-refractivity contribution in [3.05, 3.63) is 28.7 Å². The van der Waals surface area contributed by atoms with Crippen LogP contribution < -0.4 is 0 Å². The van der Waals surface area contributed by atoms with Gasteiger partial charge in [-0.15, -0.1) is 0 Å². The molecule has 0 atom stereocenters. The van der Waals surface area contributed by atoms with Crippen LogP contribution in [0.3, 0.4) is 0 Å². The van der Waals surface area contributed by atoms with Crippen molar-refractivity contribution in [2.75, 3.05) is 0 Å². The van der Waals surface area contributed by atoms with Crippen LogP contribution >= 0.6 is 15.9 Å². The maximum absolute atomic E-state index is 8.74. The second-order valence-electron chi connectivity index (χ2n) is 3.18. The molecule has 1 aromatic carbocycles. The fraction of sp³-hybridized carbons (Fsp3) is 0.500. The standard InChI is InChI=1S/C6H5BrO.C6H14/c7-5-1-3-6(8)4-2-5;1-3-5-6-4-2/h1-4,8H;3-6H2,1-2H3. The summed E-state index contributed by atoms with van der Waals surface area (Å²) in [4.78, 5) is 0. The van der Waals surface area contributed by atoms with E-state index in [2.05, 4.69) is 29.8 Å². The molecule has 0 saturated heterocycles. The van der Waals surface area contributed by atoms with Crippen molar-refractivity contribution in [1.82, 2.24) is 0 Å². The molecule has 2 heteroatoms. The summed E-state index contributed by atoms with van der Waals surface area (Å²) in [5, 5.41) is 8.74. The first-order chi connectivity index (χ1) is 6.70. The Balaban J connectivity index is 0.000000255. The SMILES string of the molecule is CCCCCC.Oc1ccc(Br)cc1. The molecule has 0 aliphatic rings. The number of phenols is 1. The van der Waals surface area contributed by atoms with Crippen molar-refractivity contribution < 1.29 is 5.11 Å². The van der Waals surface area contributed by atoms with Crippen LogP contribution in [-0.2, 0) is 0 Å². The highest BCUT2D eigenvalue weighted by molar-refractivity contribution is 9.10. The zero-order valence-corrected chi connectivity index (χ0v) is 10.5. The van der Waals surface area contributed by atoms with Crippen molar-refractivity contribution in [3.63, 3.8) is 0 Å². The van der Waals surface area contributed by atoms with E-state index >= 15 is 0 Å². The highest BCUT2D eigenvalue weighted by Gasteiger charge is 1.83. The summed E-state index contributed by atoms with van der Waals surface area (Å²) in [5.74, 6) is 0.299. The molecule has 80 valence electrons. The second kappa shape index (κ2) is 9.07. The van der Waals surface area contributed by atoms with E-state index in [9.17, 15) is 0 Å². The third-order valence-corrected chi connectivity index (χ3v) is 2.31. The van der Waals surface area contributed by atoms with Crippen molar-refractivity contribution in [1.29, 1.82) is 0 Å². The van der Waals surface area contributed by atoms with Crippen LogP contribution in [0.4, 0.5) is 0 Å². The van der Waals surface area contributed by atoms with Gasteiger partial charge >= 0.3 is 0 Å². The molecule has 0 amide bonds. The van der Waals surface area contributed by atoms with E-state index in [-0.39, 0.29) is 0 Å². The van der Waals surface area contributed by atoms with Crippen molar-refractivity contribution >= 4 is 15.9 Å². The summed E-state index contributed by atoms with van der Waals surface area (Å²) < 4.78 is 0.982. The van der Waals surface area contributed by atoms with Gasteiger partial charge in [-0.1, -0.05) is 55.5 Å². The van der Waals surface area contributed by atoms with Crippen LogP contribution in [0.15, 0.2) is 28.7 Å². The molecule has 0 radical (unpaired) electrons. The lowest BCUT2D eigenvalue weighted by molar-refractivity contribution is 0.475. The fourth-order valence-electron chi connectivity index (χ4n) is 0.941. The molecule has 0 bridgehead atoms. The Labute approximate surface area is 95.3 Å². The van der Waals surface area contributed by atoms with E-state index in [0.29, 0.717) is 5.75 Å². The fourth-order valence-corrected chi connectivity index (χ4v) is 1.21. The van der Waals surface area contributed by atoms with Gasteiger partial charge in [0, 0.05) is 4.47 Å². The van der Waals surface area contributed by atoms with Crippen molar-refractivity contribution in [3.8, 4) is 5.75 Å². The summed E-state index contributed by atoms with van der Waals surface area (Å²) in [7, 11) is 0. The smallest absolute Gasteiger partial charge is 0.115 e. The molecule has 1 nitrogen and oxygen atoms in total. The lowest BCUT2D eigenvalue weighted by Gasteiger charge is -1.87. The third-order valence-electron chi connectivity index (χ3n) is 1.78. The molecular formula is C12H19BrO. The summed E-state index contributed by atoms with van der Waals surface area (Å²) in [6.45, 7) is 4.46. The Morgan fingerprint density at radius 2 is 1.43 bits per heavy atom. The van der Waals surface area contributed by atoms with E-state index < -0.39 is 0 Å². The first kappa shape index (κ1) is 13.5. The summed E-state index contributed by atoms with van der Waals surface area (Å²) in [6, 6.07) is 6.83. The van der Waals surface area contributed by atoms with Crippen LogP contribution in [0, 0.1) is 0 Å². The summed E-state index contributed by atoms with van der Waals surface area (Å²) >= 11 is 3.23. The van der Waals surface area contributed by atoms with E-state index in [1.807, 2.05) is 0 Å². The van der Waals surface area contributed by atoms with Gasteiger partial charge in [0.25, 0.3) is 0 Å². The molecule has 1 N–H and O–H groups in total. The van der Waals surface area contributed by atoms with Gasteiger partial charge in [-0.2, -0.15) is 0 Å². The van der Waals surface area contributed by atoms with Gasteiger partial charge < -0.3 is 5.11 Å². The maximum Gasteiger partial charge on any atom is 0.115 e. The highest BCUT2D eigenvalue weighted by Crippen LogP contribution is 2.13. The van der Waals surface area contributed by atoms with E-state index in [1.54, 1.807) is 24.3 Å². The average molecular weight is 259 g/mol. The number of unbranched alkanes of at least 4 members (excludes halogenated alkanes) is 3. The second-order valence-corrected chi connectivity index (χ2v) is 4.10. The lowest BCUT2D eigenvalue weighted by atomic mass is 10.2. The van der Waals surface area contributed by atoms with Crippen LogP contribution in [-0.4, -0.2) is 5.11 Å². The molecule has 0 spiro atoms. The molecule has 0 saturated carbocycles. The minimum Gasteiger partial charge on any atom is -0.508 e. The molecule has 0 heterocycles. The molecule has 0 unspecified atom stereocenters. The molecule has 0 aliphatic heterocycles. The normalized spacial score (nSPS) is 9.07. The Morgan fingerprint density at radius 1 is 1.00 bits per heavy atom. The number of hydrogen-bond donors (Lipinski definition) is 1. The molecule has 1 rings (SSSR count). The largest absolute Gasteiger partial charge is 0.508 e. The number of aromatic hydroxyl groups is 1. The number of rotatable bonds is 3. The van der Waals surface area contributed by atoms with Gasteiger partial charge in [0.05, 0.1) is 0 Å². The van der Waals surface area contributed by atoms with E-state index in [1.165, 1.54) is 25.7 Å². The van der Waals surface area contributed by atoms with Crippen molar-refractivity contribution in [2.24, 2.45) is 0 Å². The quantitative estimate of drug-likeness (QED) is 0.777. The summed E-state index contributed by atoms with van der Waals surface area (Å²) in [5.41, 5.74) is 0. The molecule has 14 heavy (non-hydrogen) atoms. The minimum absolute atomic E-state index is 0.299. The molecule has 0 aromatic heterocycles. The zero-order chi connectivity index (χ0) is 10.8. The Hall–Kier alpha value is -0.500. The topological polar surface area (TPSA) is 20.2 Å². The Kier molecular flexibility index (Phi) is 8.75. The number of halogens is 1. The lowest BCUT2D eigenvalue weighted by Crippen LogP contribution is -1.66. The Bertz CT molecular complexity index is 193. The van der Waals surface area contributed by atoms with Gasteiger partial charge in [0.1, 0.15) is 5.75 Å². The van der Waals surface area contributed by atoms with Crippen LogP contribution in [0.1, 0.15) is 39.5 Å². The highest BCUT2D eigenvalue weighted by atomic mass is 79.9. The van der Waals surface area contributed by atoms with Gasteiger partial charge in [-0.3, -0.25) is 0 Å². The predicted octanol–water partition coefficient (Wildman–Crippen LogP) is 4.74.